The molecule has 3 rings (SSSR count). The molecule has 2 heterocycles. The molecule has 0 saturated carbocycles. The molecule has 0 aliphatic heterocycles. The number of aromatic nitrogens is 2. The second-order valence-electron chi connectivity index (χ2n) is 4.06. The first-order valence-corrected chi connectivity index (χ1v) is 7.56. The number of rotatable bonds is 2. The largest absolute Gasteiger partial charge is 0.461 e. The number of imidazole rings is 1. The zero-order chi connectivity index (χ0) is 14.7. The molecule has 0 bridgehead atoms. The maximum Gasteiger partial charge on any atom is 0.357 e. The third-order valence-electron chi connectivity index (χ3n) is 2.77. The van der Waals surface area contributed by atoms with Gasteiger partial charge in [0.1, 0.15) is 0 Å². The molecule has 5 heteroatoms. The van der Waals surface area contributed by atoms with Gasteiger partial charge in [0.15, 0.2) is 10.7 Å². The number of hydrogen-bond acceptors (Lipinski definition) is 4. The van der Waals surface area contributed by atoms with Gasteiger partial charge in [-0.25, -0.2) is 9.78 Å². The summed E-state index contributed by atoms with van der Waals surface area (Å²) in [5.41, 5.74) is 2.69. The van der Waals surface area contributed by atoms with Gasteiger partial charge >= 0.3 is 5.97 Å². The summed E-state index contributed by atoms with van der Waals surface area (Å²) >= 11 is 1.58. The highest BCUT2D eigenvalue weighted by Crippen LogP contribution is 2.28. The Morgan fingerprint density at radius 1 is 1.40 bits per heavy atom. The SMILES string of the molecule is CC.CCOC(=O)c1cnc2sc3cc(C)ccc3n12. The van der Waals surface area contributed by atoms with Crippen molar-refractivity contribution in [2.24, 2.45) is 0 Å². The van der Waals surface area contributed by atoms with Crippen LogP contribution in [-0.4, -0.2) is 22.0 Å². The van der Waals surface area contributed by atoms with Crippen molar-refractivity contribution in [3.05, 3.63) is 35.7 Å². The topological polar surface area (TPSA) is 43.6 Å². The maximum absolute atomic E-state index is 11.8. The molecule has 0 aliphatic carbocycles. The van der Waals surface area contributed by atoms with E-state index in [1.165, 1.54) is 5.56 Å². The summed E-state index contributed by atoms with van der Waals surface area (Å²) in [6.45, 7) is 8.21. The second-order valence-corrected chi connectivity index (χ2v) is 5.06. The fourth-order valence-electron chi connectivity index (χ4n) is 1.97. The van der Waals surface area contributed by atoms with Gasteiger partial charge in [-0.2, -0.15) is 0 Å². The molecule has 3 aromatic rings. The van der Waals surface area contributed by atoms with E-state index in [0.29, 0.717) is 12.3 Å². The molecule has 0 saturated heterocycles. The van der Waals surface area contributed by atoms with E-state index < -0.39 is 0 Å². The fraction of sp³-hybridized carbons (Fsp3) is 0.333. The summed E-state index contributed by atoms with van der Waals surface area (Å²) in [5, 5.41) is 0. The van der Waals surface area contributed by atoms with Crippen LogP contribution in [-0.2, 0) is 4.74 Å². The van der Waals surface area contributed by atoms with Gasteiger partial charge in [-0.1, -0.05) is 31.3 Å². The van der Waals surface area contributed by atoms with Crippen molar-refractivity contribution < 1.29 is 9.53 Å². The van der Waals surface area contributed by atoms with Gasteiger partial charge in [-0.05, 0) is 31.5 Å². The van der Waals surface area contributed by atoms with Crippen LogP contribution < -0.4 is 0 Å². The lowest BCUT2D eigenvalue weighted by Gasteiger charge is -2.00. The Bertz CT molecular complexity index is 743. The smallest absolute Gasteiger partial charge is 0.357 e. The molecule has 0 atom stereocenters. The zero-order valence-corrected chi connectivity index (χ0v) is 13.0. The van der Waals surface area contributed by atoms with Crippen LogP contribution in [0.25, 0.3) is 15.2 Å². The Balaban J connectivity index is 0.000000704. The molecule has 0 N–H and O–H groups in total. The summed E-state index contributed by atoms with van der Waals surface area (Å²) in [6.07, 6.45) is 1.57. The summed E-state index contributed by atoms with van der Waals surface area (Å²) in [5.74, 6) is -0.328. The minimum Gasteiger partial charge on any atom is -0.461 e. The highest BCUT2D eigenvalue weighted by molar-refractivity contribution is 7.23. The minimum atomic E-state index is -0.328. The fourth-order valence-corrected chi connectivity index (χ4v) is 3.07. The number of carbonyl (C=O) groups excluding carboxylic acids is 1. The molecule has 1 aromatic carbocycles. The average molecular weight is 290 g/mol. The predicted molar refractivity (Wildman–Crippen MR) is 82.6 cm³/mol. The van der Waals surface area contributed by atoms with Gasteiger partial charge in [0.2, 0.25) is 0 Å². The average Bonchev–Trinajstić information content (AvgIpc) is 2.99. The van der Waals surface area contributed by atoms with Crippen LogP contribution >= 0.6 is 11.3 Å². The van der Waals surface area contributed by atoms with Crippen LogP contribution in [0.3, 0.4) is 0 Å². The van der Waals surface area contributed by atoms with Crippen molar-refractivity contribution in [2.45, 2.75) is 27.7 Å². The van der Waals surface area contributed by atoms with E-state index >= 15 is 0 Å². The lowest BCUT2D eigenvalue weighted by molar-refractivity contribution is 0.0519. The van der Waals surface area contributed by atoms with Gasteiger partial charge < -0.3 is 4.74 Å². The molecule has 0 radical (unpaired) electrons. The molecular formula is C15H18N2O2S. The van der Waals surface area contributed by atoms with Gasteiger partial charge in [-0.3, -0.25) is 4.40 Å². The summed E-state index contributed by atoms with van der Waals surface area (Å²) in [7, 11) is 0. The van der Waals surface area contributed by atoms with E-state index in [1.807, 2.05) is 37.3 Å². The first-order valence-electron chi connectivity index (χ1n) is 6.74. The van der Waals surface area contributed by atoms with Crippen molar-refractivity contribution >= 4 is 32.5 Å². The maximum atomic E-state index is 11.8. The van der Waals surface area contributed by atoms with Crippen LogP contribution in [0.2, 0.25) is 0 Å². The van der Waals surface area contributed by atoms with Crippen molar-refractivity contribution in [1.29, 1.82) is 0 Å². The van der Waals surface area contributed by atoms with E-state index in [9.17, 15) is 4.79 Å². The number of aryl methyl sites for hydroxylation is 1. The summed E-state index contributed by atoms with van der Waals surface area (Å²) in [4.78, 5) is 16.9. The Hall–Kier alpha value is -1.88. The van der Waals surface area contributed by atoms with Crippen LogP contribution in [0.5, 0.6) is 0 Å². The number of esters is 1. The summed E-state index contributed by atoms with van der Waals surface area (Å²) < 4.78 is 8.03. The minimum absolute atomic E-state index is 0.328. The third kappa shape index (κ3) is 2.41. The molecule has 4 nitrogen and oxygen atoms in total. The summed E-state index contributed by atoms with van der Waals surface area (Å²) in [6, 6.07) is 6.14. The lowest BCUT2D eigenvalue weighted by atomic mass is 10.2. The number of thiazole rings is 1. The molecular weight excluding hydrogens is 272 g/mol. The first kappa shape index (κ1) is 14.5. The molecule has 0 spiro atoms. The molecule has 106 valence electrons. The van der Waals surface area contributed by atoms with Gasteiger partial charge in [0.25, 0.3) is 0 Å². The van der Waals surface area contributed by atoms with Crippen molar-refractivity contribution in [1.82, 2.24) is 9.38 Å². The molecule has 0 aliphatic rings. The molecule has 2 aromatic heterocycles. The quantitative estimate of drug-likeness (QED) is 0.668. The normalized spacial score (nSPS) is 10.4. The molecule has 20 heavy (non-hydrogen) atoms. The second kappa shape index (κ2) is 6.05. The highest BCUT2D eigenvalue weighted by atomic mass is 32.1. The van der Waals surface area contributed by atoms with Crippen molar-refractivity contribution in [3.63, 3.8) is 0 Å². The number of carbonyl (C=O) groups is 1. The standard InChI is InChI=1S/C13H12N2O2S.C2H6/c1-3-17-12(16)10-7-14-13-15(10)9-5-4-8(2)6-11(9)18-13;1-2/h4-7H,3H2,1-2H3;1-2H3. The Kier molecular flexibility index (Phi) is 4.39. The molecule has 0 fully saturated rings. The van der Waals surface area contributed by atoms with Crippen LogP contribution in [0.4, 0.5) is 0 Å². The van der Waals surface area contributed by atoms with E-state index in [-0.39, 0.29) is 5.97 Å². The van der Waals surface area contributed by atoms with Crippen LogP contribution in [0.15, 0.2) is 24.4 Å². The van der Waals surface area contributed by atoms with Crippen LogP contribution in [0.1, 0.15) is 36.8 Å². The number of nitrogens with zero attached hydrogens (tertiary/aromatic N) is 2. The van der Waals surface area contributed by atoms with E-state index in [1.54, 1.807) is 24.5 Å². The van der Waals surface area contributed by atoms with E-state index in [0.717, 1.165) is 15.2 Å². The van der Waals surface area contributed by atoms with Crippen molar-refractivity contribution in [3.8, 4) is 0 Å². The molecule has 0 unspecified atom stereocenters. The Morgan fingerprint density at radius 2 is 2.15 bits per heavy atom. The predicted octanol–water partition coefficient (Wildman–Crippen LogP) is 4.06. The van der Waals surface area contributed by atoms with Crippen molar-refractivity contribution in [2.75, 3.05) is 6.61 Å². The lowest BCUT2D eigenvalue weighted by Crippen LogP contribution is -2.07. The molecule has 0 amide bonds. The highest BCUT2D eigenvalue weighted by Gasteiger charge is 2.17. The third-order valence-corrected chi connectivity index (χ3v) is 3.79. The Labute approximate surface area is 122 Å². The van der Waals surface area contributed by atoms with Gasteiger partial charge in [0, 0.05) is 0 Å². The number of hydrogen-bond donors (Lipinski definition) is 0. The van der Waals surface area contributed by atoms with Crippen LogP contribution in [0, 0.1) is 6.92 Å². The van der Waals surface area contributed by atoms with E-state index in [2.05, 4.69) is 11.1 Å². The Morgan fingerprint density at radius 3 is 2.85 bits per heavy atom. The zero-order valence-electron chi connectivity index (χ0n) is 12.1. The van der Waals surface area contributed by atoms with Gasteiger partial charge in [-0.15, -0.1) is 0 Å². The number of ether oxygens (including phenoxy) is 1. The number of fused-ring (bicyclic) bond motifs is 3. The monoisotopic (exact) mass is 290 g/mol. The van der Waals surface area contributed by atoms with Gasteiger partial charge in [0.05, 0.1) is 23.0 Å². The number of benzene rings is 1. The van der Waals surface area contributed by atoms with E-state index in [4.69, 9.17) is 4.74 Å². The first-order chi connectivity index (χ1) is 9.70.